The van der Waals surface area contributed by atoms with Crippen molar-refractivity contribution < 1.29 is 14.2 Å². The number of methoxy groups -OCH3 is 3. The van der Waals surface area contributed by atoms with Crippen LogP contribution in [-0.2, 0) is 0 Å². The Labute approximate surface area is 117 Å². The second kappa shape index (κ2) is 6.56. The van der Waals surface area contributed by atoms with Crippen LogP contribution in [0.15, 0.2) is 30.7 Å². The molecule has 0 spiro atoms. The Hall–Kier alpha value is -2.56. The first kappa shape index (κ1) is 13.9. The molecular formula is C15H16N2O3. The summed E-state index contributed by atoms with van der Waals surface area (Å²) in [6, 6.07) is 5.43. The van der Waals surface area contributed by atoms with Crippen LogP contribution in [0.25, 0.3) is 12.2 Å². The molecular weight excluding hydrogens is 256 g/mol. The molecule has 1 heterocycles. The lowest BCUT2D eigenvalue weighted by molar-refractivity contribution is 0.374. The number of hydrogen-bond acceptors (Lipinski definition) is 5. The molecule has 0 aliphatic rings. The summed E-state index contributed by atoms with van der Waals surface area (Å²) >= 11 is 0. The average Bonchev–Trinajstić information content (AvgIpc) is 2.52. The molecule has 0 saturated carbocycles. The van der Waals surface area contributed by atoms with E-state index in [1.807, 2.05) is 30.4 Å². The van der Waals surface area contributed by atoms with E-state index in [1.54, 1.807) is 27.5 Å². The SMILES string of the molecule is COc1cc(OC)c(/C=C\c2ccncn2)c(OC)c1. The first-order valence-corrected chi connectivity index (χ1v) is 6.02. The third kappa shape index (κ3) is 3.06. The van der Waals surface area contributed by atoms with Crippen LogP contribution in [0.5, 0.6) is 17.2 Å². The zero-order valence-electron chi connectivity index (χ0n) is 11.7. The van der Waals surface area contributed by atoms with Gasteiger partial charge in [-0.1, -0.05) is 0 Å². The molecule has 0 N–H and O–H groups in total. The Bertz CT molecular complexity index is 572. The molecule has 0 fully saturated rings. The number of aromatic nitrogens is 2. The van der Waals surface area contributed by atoms with E-state index in [-0.39, 0.29) is 0 Å². The number of rotatable bonds is 5. The van der Waals surface area contributed by atoms with Crippen molar-refractivity contribution >= 4 is 12.2 Å². The summed E-state index contributed by atoms with van der Waals surface area (Å²) in [5, 5.41) is 0. The van der Waals surface area contributed by atoms with Crippen molar-refractivity contribution in [3.63, 3.8) is 0 Å². The molecule has 0 unspecified atom stereocenters. The Morgan fingerprint density at radius 2 is 1.65 bits per heavy atom. The van der Waals surface area contributed by atoms with Gasteiger partial charge < -0.3 is 14.2 Å². The normalized spacial score (nSPS) is 10.6. The van der Waals surface area contributed by atoms with Crippen LogP contribution in [-0.4, -0.2) is 31.3 Å². The lowest BCUT2D eigenvalue weighted by Gasteiger charge is -2.12. The van der Waals surface area contributed by atoms with Gasteiger partial charge in [-0.2, -0.15) is 0 Å². The Balaban J connectivity index is 2.42. The van der Waals surface area contributed by atoms with Gasteiger partial charge in [0.05, 0.1) is 32.6 Å². The Kier molecular flexibility index (Phi) is 4.55. The van der Waals surface area contributed by atoms with Crippen LogP contribution in [0.3, 0.4) is 0 Å². The molecule has 0 aliphatic heterocycles. The minimum absolute atomic E-state index is 0.673. The molecule has 0 amide bonds. The van der Waals surface area contributed by atoms with E-state index >= 15 is 0 Å². The molecule has 2 rings (SSSR count). The van der Waals surface area contributed by atoms with E-state index in [0.29, 0.717) is 17.2 Å². The fraction of sp³-hybridized carbons (Fsp3) is 0.200. The maximum absolute atomic E-state index is 5.37. The van der Waals surface area contributed by atoms with Crippen LogP contribution in [0.2, 0.25) is 0 Å². The molecule has 5 nitrogen and oxygen atoms in total. The van der Waals surface area contributed by atoms with E-state index in [1.165, 1.54) is 6.33 Å². The summed E-state index contributed by atoms with van der Waals surface area (Å²) in [5.74, 6) is 2.02. The Morgan fingerprint density at radius 1 is 0.950 bits per heavy atom. The summed E-state index contributed by atoms with van der Waals surface area (Å²) in [6.45, 7) is 0. The third-order valence-corrected chi connectivity index (χ3v) is 2.78. The maximum Gasteiger partial charge on any atom is 0.133 e. The van der Waals surface area contributed by atoms with E-state index in [0.717, 1.165) is 11.3 Å². The van der Waals surface area contributed by atoms with Crippen molar-refractivity contribution in [1.82, 2.24) is 9.97 Å². The molecule has 0 saturated heterocycles. The van der Waals surface area contributed by atoms with Crippen molar-refractivity contribution in [1.29, 1.82) is 0 Å². The zero-order valence-corrected chi connectivity index (χ0v) is 11.7. The van der Waals surface area contributed by atoms with Crippen molar-refractivity contribution in [3.8, 4) is 17.2 Å². The standard InChI is InChI=1S/C15H16N2O3/c1-18-12-8-14(19-2)13(15(9-12)20-3)5-4-11-6-7-16-10-17-11/h4-10H,1-3H3/b5-4-. The van der Waals surface area contributed by atoms with Crippen LogP contribution >= 0.6 is 0 Å². The van der Waals surface area contributed by atoms with E-state index < -0.39 is 0 Å². The van der Waals surface area contributed by atoms with Crippen molar-refractivity contribution in [2.75, 3.05) is 21.3 Å². The van der Waals surface area contributed by atoms with Gasteiger partial charge in [-0.25, -0.2) is 9.97 Å². The summed E-state index contributed by atoms with van der Waals surface area (Å²) in [6.07, 6.45) is 6.95. The van der Waals surface area contributed by atoms with Gasteiger partial charge in [0.1, 0.15) is 23.6 Å². The minimum atomic E-state index is 0.673. The fourth-order valence-electron chi connectivity index (χ4n) is 1.77. The Morgan fingerprint density at radius 3 is 2.15 bits per heavy atom. The van der Waals surface area contributed by atoms with Crippen LogP contribution in [0.1, 0.15) is 11.3 Å². The molecule has 1 aromatic carbocycles. The fourth-order valence-corrected chi connectivity index (χ4v) is 1.77. The topological polar surface area (TPSA) is 53.5 Å². The second-order valence-corrected chi connectivity index (χ2v) is 3.91. The maximum atomic E-state index is 5.37. The lowest BCUT2D eigenvalue weighted by Crippen LogP contribution is -1.94. The zero-order chi connectivity index (χ0) is 14.4. The summed E-state index contributed by atoms with van der Waals surface area (Å²) in [4.78, 5) is 8.01. The van der Waals surface area contributed by atoms with E-state index in [2.05, 4.69) is 9.97 Å². The number of ether oxygens (including phenoxy) is 3. The van der Waals surface area contributed by atoms with Crippen molar-refractivity contribution in [2.45, 2.75) is 0 Å². The van der Waals surface area contributed by atoms with Crippen LogP contribution < -0.4 is 14.2 Å². The number of nitrogens with zero attached hydrogens (tertiary/aromatic N) is 2. The molecule has 0 radical (unpaired) electrons. The molecule has 104 valence electrons. The number of hydrogen-bond donors (Lipinski definition) is 0. The predicted molar refractivity (Wildman–Crippen MR) is 77.1 cm³/mol. The van der Waals surface area contributed by atoms with E-state index in [9.17, 15) is 0 Å². The molecule has 0 atom stereocenters. The highest BCUT2D eigenvalue weighted by atomic mass is 16.5. The monoisotopic (exact) mass is 272 g/mol. The highest BCUT2D eigenvalue weighted by Gasteiger charge is 2.10. The molecule has 0 bridgehead atoms. The molecule has 0 aliphatic carbocycles. The lowest BCUT2D eigenvalue weighted by atomic mass is 10.1. The average molecular weight is 272 g/mol. The molecule has 2 aromatic rings. The van der Waals surface area contributed by atoms with Gasteiger partial charge in [0.25, 0.3) is 0 Å². The highest BCUT2D eigenvalue weighted by molar-refractivity contribution is 5.75. The first-order chi connectivity index (χ1) is 9.78. The number of benzene rings is 1. The first-order valence-electron chi connectivity index (χ1n) is 6.02. The van der Waals surface area contributed by atoms with Crippen LogP contribution in [0.4, 0.5) is 0 Å². The van der Waals surface area contributed by atoms with Gasteiger partial charge in [-0.15, -0.1) is 0 Å². The highest BCUT2D eigenvalue weighted by Crippen LogP contribution is 2.35. The third-order valence-electron chi connectivity index (χ3n) is 2.78. The van der Waals surface area contributed by atoms with Gasteiger partial charge in [0.2, 0.25) is 0 Å². The predicted octanol–water partition coefficient (Wildman–Crippen LogP) is 2.67. The minimum Gasteiger partial charge on any atom is -0.496 e. The van der Waals surface area contributed by atoms with Gasteiger partial charge in [-0.3, -0.25) is 0 Å². The largest absolute Gasteiger partial charge is 0.496 e. The van der Waals surface area contributed by atoms with Gasteiger partial charge in [-0.05, 0) is 18.2 Å². The quantitative estimate of drug-likeness (QED) is 0.837. The van der Waals surface area contributed by atoms with Gasteiger partial charge in [0.15, 0.2) is 0 Å². The second-order valence-electron chi connectivity index (χ2n) is 3.91. The van der Waals surface area contributed by atoms with E-state index in [4.69, 9.17) is 14.2 Å². The van der Waals surface area contributed by atoms with Crippen molar-refractivity contribution in [3.05, 3.63) is 42.0 Å². The molecule has 20 heavy (non-hydrogen) atoms. The molecule has 1 aromatic heterocycles. The molecule has 5 heteroatoms. The summed E-state index contributed by atoms with van der Waals surface area (Å²) in [5.41, 5.74) is 1.63. The van der Waals surface area contributed by atoms with Gasteiger partial charge >= 0.3 is 0 Å². The van der Waals surface area contributed by atoms with Gasteiger partial charge in [0, 0.05) is 18.3 Å². The van der Waals surface area contributed by atoms with Crippen LogP contribution in [0, 0.1) is 0 Å². The van der Waals surface area contributed by atoms with Crippen molar-refractivity contribution in [2.24, 2.45) is 0 Å². The summed E-state index contributed by atoms with van der Waals surface area (Å²) < 4.78 is 16.0. The summed E-state index contributed by atoms with van der Waals surface area (Å²) in [7, 11) is 4.82. The smallest absolute Gasteiger partial charge is 0.133 e.